The lowest BCUT2D eigenvalue weighted by Crippen LogP contribution is -2.05. The minimum Gasteiger partial charge on any atom is -0.299 e. The molecule has 58 valence electrons. The lowest BCUT2D eigenvalue weighted by molar-refractivity contribution is -0.120. The van der Waals surface area contributed by atoms with Crippen LogP contribution >= 0.6 is 0 Å². The molecule has 0 aliphatic heterocycles. The Morgan fingerprint density at radius 1 is 1.50 bits per heavy atom. The first-order valence-electron chi connectivity index (χ1n) is 3.91. The van der Waals surface area contributed by atoms with Crippen LogP contribution in [-0.4, -0.2) is 5.78 Å². The van der Waals surface area contributed by atoms with Crippen LogP contribution in [0.3, 0.4) is 0 Å². The summed E-state index contributed by atoms with van der Waals surface area (Å²) in [5, 5.41) is 0. The summed E-state index contributed by atoms with van der Waals surface area (Å²) in [6.07, 6.45) is 5.68. The standard InChI is InChI=1S/C9H16O/c1-4-6-7-8(3)9(10)5-2/h6-8H,4-5H2,1-3H3/b7-6-. The van der Waals surface area contributed by atoms with Gasteiger partial charge >= 0.3 is 0 Å². The number of rotatable bonds is 4. The zero-order valence-corrected chi connectivity index (χ0v) is 7.05. The Bertz CT molecular complexity index is 125. The molecule has 0 rings (SSSR count). The molecule has 1 nitrogen and oxygen atoms in total. The zero-order valence-electron chi connectivity index (χ0n) is 7.05. The third kappa shape index (κ3) is 3.44. The molecule has 1 atom stereocenters. The third-order valence-corrected chi connectivity index (χ3v) is 1.52. The molecular formula is C9H16O. The van der Waals surface area contributed by atoms with Gasteiger partial charge in [-0.3, -0.25) is 4.79 Å². The maximum Gasteiger partial charge on any atom is 0.139 e. The van der Waals surface area contributed by atoms with Gasteiger partial charge in [0, 0.05) is 12.3 Å². The highest BCUT2D eigenvalue weighted by molar-refractivity contribution is 5.81. The van der Waals surface area contributed by atoms with Crippen molar-refractivity contribution in [3.05, 3.63) is 12.2 Å². The molecule has 0 aromatic heterocycles. The monoisotopic (exact) mass is 140 g/mol. The number of ketones is 1. The molecule has 1 heteroatoms. The number of Topliss-reactive ketones (excluding diaryl/α,β-unsaturated/α-hetero) is 1. The van der Waals surface area contributed by atoms with Crippen molar-refractivity contribution in [2.24, 2.45) is 5.92 Å². The molecule has 0 radical (unpaired) electrons. The average molecular weight is 140 g/mol. The summed E-state index contributed by atoms with van der Waals surface area (Å²) >= 11 is 0. The van der Waals surface area contributed by atoms with Gasteiger partial charge in [0.15, 0.2) is 0 Å². The maximum atomic E-state index is 11.0. The Morgan fingerprint density at radius 3 is 2.50 bits per heavy atom. The van der Waals surface area contributed by atoms with Crippen molar-refractivity contribution >= 4 is 5.78 Å². The van der Waals surface area contributed by atoms with E-state index in [0.717, 1.165) is 6.42 Å². The maximum absolute atomic E-state index is 11.0. The number of carbonyl (C=O) groups excluding carboxylic acids is 1. The SMILES string of the molecule is CC/C=C\C(C)C(=O)CC. The molecule has 0 fully saturated rings. The molecule has 0 aromatic rings. The molecule has 1 unspecified atom stereocenters. The molecule has 10 heavy (non-hydrogen) atoms. The molecule has 0 heterocycles. The summed E-state index contributed by atoms with van der Waals surface area (Å²) in [6, 6.07) is 0. The van der Waals surface area contributed by atoms with E-state index in [-0.39, 0.29) is 5.92 Å². The number of allylic oxidation sites excluding steroid dienone is 2. The quantitative estimate of drug-likeness (QED) is 0.548. The fourth-order valence-corrected chi connectivity index (χ4v) is 0.770. The molecule has 0 aliphatic rings. The fourth-order valence-electron chi connectivity index (χ4n) is 0.770. The molecule has 0 aromatic carbocycles. The second-order valence-electron chi connectivity index (χ2n) is 2.44. The third-order valence-electron chi connectivity index (χ3n) is 1.52. The first-order chi connectivity index (χ1) is 4.72. The van der Waals surface area contributed by atoms with Crippen LogP contribution in [0.1, 0.15) is 33.6 Å². The first-order valence-corrected chi connectivity index (χ1v) is 3.91. The zero-order chi connectivity index (χ0) is 7.98. The molecule has 0 saturated carbocycles. The summed E-state index contributed by atoms with van der Waals surface area (Å²) < 4.78 is 0. The van der Waals surface area contributed by atoms with Crippen molar-refractivity contribution in [3.8, 4) is 0 Å². The minimum atomic E-state index is 0.116. The largest absolute Gasteiger partial charge is 0.299 e. The summed E-state index contributed by atoms with van der Waals surface area (Å²) in [7, 11) is 0. The Balaban J connectivity index is 3.72. The van der Waals surface area contributed by atoms with Gasteiger partial charge in [0.05, 0.1) is 0 Å². The highest BCUT2D eigenvalue weighted by Gasteiger charge is 2.04. The van der Waals surface area contributed by atoms with Crippen LogP contribution in [-0.2, 0) is 4.79 Å². The highest BCUT2D eigenvalue weighted by Crippen LogP contribution is 2.02. The van der Waals surface area contributed by atoms with Gasteiger partial charge in [-0.1, -0.05) is 32.9 Å². The molecule has 0 bridgehead atoms. The van der Waals surface area contributed by atoms with Gasteiger partial charge < -0.3 is 0 Å². The van der Waals surface area contributed by atoms with Crippen molar-refractivity contribution in [3.63, 3.8) is 0 Å². The van der Waals surface area contributed by atoms with Crippen LogP contribution in [0.2, 0.25) is 0 Å². The van der Waals surface area contributed by atoms with E-state index in [9.17, 15) is 4.79 Å². The lowest BCUT2D eigenvalue weighted by atomic mass is 10.0. The van der Waals surface area contributed by atoms with Crippen molar-refractivity contribution in [2.45, 2.75) is 33.6 Å². The van der Waals surface area contributed by atoms with E-state index < -0.39 is 0 Å². The predicted octanol–water partition coefficient (Wildman–Crippen LogP) is 2.57. The highest BCUT2D eigenvalue weighted by atomic mass is 16.1. The van der Waals surface area contributed by atoms with Gasteiger partial charge in [-0.25, -0.2) is 0 Å². The van der Waals surface area contributed by atoms with Crippen LogP contribution in [0.4, 0.5) is 0 Å². The second-order valence-corrected chi connectivity index (χ2v) is 2.44. The molecule has 0 spiro atoms. The van der Waals surface area contributed by atoms with Gasteiger partial charge in [-0.05, 0) is 6.42 Å². The van der Waals surface area contributed by atoms with E-state index in [2.05, 4.69) is 6.92 Å². The van der Waals surface area contributed by atoms with Gasteiger partial charge in [-0.15, -0.1) is 0 Å². The molecule has 0 aliphatic carbocycles. The molecule has 0 N–H and O–H groups in total. The molecule has 0 amide bonds. The van der Waals surface area contributed by atoms with E-state index in [4.69, 9.17) is 0 Å². The van der Waals surface area contributed by atoms with Crippen molar-refractivity contribution < 1.29 is 4.79 Å². The second kappa shape index (κ2) is 5.21. The van der Waals surface area contributed by atoms with Gasteiger partial charge in [0.2, 0.25) is 0 Å². The van der Waals surface area contributed by atoms with Crippen molar-refractivity contribution in [2.75, 3.05) is 0 Å². The summed E-state index contributed by atoms with van der Waals surface area (Å²) in [4.78, 5) is 11.0. The Morgan fingerprint density at radius 2 is 2.10 bits per heavy atom. The van der Waals surface area contributed by atoms with Gasteiger partial charge in [0.25, 0.3) is 0 Å². The summed E-state index contributed by atoms with van der Waals surface area (Å²) in [6.45, 7) is 5.91. The van der Waals surface area contributed by atoms with Gasteiger partial charge in [-0.2, -0.15) is 0 Å². The number of hydrogen-bond acceptors (Lipinski definition) is 1. The smallest absolute Gasteiger partial charge is 0.139 e. The Kier molecular flexibility index (Phi) is 4.91. The number of carbonyl (C=O) groups is 1. The molecule has 0 saturated heterocycles. The van der Waals surface area contributed by atoms with Crippen molar-refractivity contribution in [1.29, 1.82) is 0 Å². The van der Waals surface area contributed by atoms with Crippen LogP contribution in [0.15, 0.2) is 12.2 Å². The topological polar surface area (TPSA) is 17.1 Å². The van der Waals surface area contributed by atoms with E-state index >= 15 is 0 Å². The minimum absolute atomic E-state index is 0.116. The predicted molar refractivity (Wildman–Crippen MR) is 43.9 cm³/mol. The van der Waals surface area contributed by atoms with E-state index in [1.165, 1.54) is 0 Å². The van der Waals surface area contributed by atoms with Crippen LogP contribution in [0, 0.1) is 5.92 Å². The van der Waals surface area contributed by atoms with Crippen LogP contribution in [0.5, 0.6) is 0 Å². The van der Waals surface area contributed by atoms with E-state index in [1.54, 1.807) is 0 Å². The van der Waals surface area contributed by atoms with E-state index in [0.29, 0.717) is 12.2 Å². The van der Waals surface area contributed by atoms with Gasteiger partial charge in [0.1, 0.15) is 5.78 Å². The van der Waals surface area contributed by atoms with Crippen LogP contribution in [0.25, 0.3) is 0 Å². The lowest BCUT2D eigenvalue weighted by Gasteiger charge is -2.00. The normalized spacial score (nSPS) is 13.9. The van der Waals surface area contributed by atoms with Crippen LogP contribution < -0.4 is 0 Å². The van der Waals surface area contributed by atoms with E-state index in [1.807, 2.05) is 26.0 Å². The Hall–Kier alpha value is -0.590. The Labute approximate surface area is 63.1 Å². The summed E-state index contributed by atoms with van der Waals surface area (Å²) in [5.41, 5.74) is 0. The average Bonchev–Trinajstić information content (AvgIpc) is 1.98. The summed E-state index contributed by atoms with van der Waals surface area (Å²) in [5.74, 6) is 0.439. The molecular weight excluding hydrogens is 124 g/mol. The first kappa shape index (κ1) is 9.41. The van der Waals surface area contributed by atoms with Crippen molar-refractivity contribution in [1.82, 2.24) is 0 Å². The number of hydrogen-bond donors (Lipinski definition) is 0. The fraction of sp³-hybridized carbons (Fsp3) is 0.667.